The van der Waals surface area contributed by atoms with E-state index in [2.05, 4.69) is 6.92 Å². The first-order chi connectivity index (χ1) is 7.60. The molecule has 1 aliphatic rings. The van der Waals surface area contributed by atoms with Crippen LogP contribution >= 0.6 is 0 Å². The van der Waals surface area contributed by atoms with Gasteiger partial charge < -0.3 is 15.4 Å². The number of nitrogens with two attached hydrogens (primary N) is 1. The van der Waals surface area contributed by atoms with Crippen LogP contribution in [0.25, 0.3) is 0 Å². The van der Waals surface area contributed by atoms with E-state index in [-0.39, 0.29) is 12.5 Å². The summed E-state index contributed by atoms with van der Waals surface area (Å²) in [6.45, 7) is 2.50. The maximum absolute atomic E-state index is 12.0. The van der Waals surface area contributed by atoms with Crippen molar-refractivity contribution >= 4 is 5.91 Å². The Morgan fingerprint density at radius 1 is 1.56 bits per heavy atom. The monoisotopic (exact) mass is 228 g/mol. The van der Waals surface area contributed by atoms with Crippen molar-refractivity contribution in [2.45, 2.75) is 44.8 Å². The van der Waals surface area contributed by atoms with Crippen LogP contribution in [0.5, 0.6) is 0 Å². The summed E-state index contributed by atoms with van der Waals surface area (Å²) in [6.07, 6.45) is 4.21. The first kappa shape index (κ1) is 13.5. The number of hydrogen-bond donors (Lipinski definition) is 1. The zero-order chi connectivity index (χ0) is 12.1. The van der Waals surface area contributed by atoms with Crippen LogP contribution in [-0.4, -0.2) is 43.7 Å². The molecule has 0 aromatic heterocycles. The molecule has 3 unspecified atom stereocenters. The number of nitrogens with zero attached hydrogens (tertiary/aromatic N) is 1. The Labute approximate surface area is 98.1 Å². The molecule has 0 spiro atoms. The molecule has 1 rings (SSSR count). The van der Waals surface area contributed by atoms with Crippen molar-refractivity contribution in [3.63, 3.8) is 0 Å². The standard InChI is InChI=1S/C12H24N2O2/c1-9-5-4-6-10(7-9)14(2)12(15)11(8-13)16-3/h9-11H,4-8,13H2,1-3H3. The van der Waals surface area contributed by atoms with Crippen molar-refractivity contribution < 1.29 is 9.53 Å². The second-order valence-corrected chi connectivity index (χ2v) is 4.83. The van der Waals surface area contributed by atoms with Crippen LogP contribution in [-0.2, 0) is 9.53 Å². The van der Waals surface area contributed by atoms with Gasteiger partial charge in [-0.2, -0.15) is 0 Å². The highest BCUT2D eigenvalue weighted by atomic mass is 16.5. The zero-order valence-corrected chi connectivity index (χ0v) is 10.6. The molecule has 2 N–H and O–H groups in total. The van der Waals surface area contributed by atoms with Gasteiger partial charge in [0, 0.05) is 26.7 Å². The van der Waals surface area contributed by atoms with Gasteiger partial charge in [-0.25, -0.2) is 0 Å². The molecule has 0 saturated heterocycles. The second-order valence-electron chi connectivity index (χ2n) is 4.83. The highest BCUT2D eigenvalue weighted by Crippen LogP contribution is 2.26. The van der Waals surface area contributed by atoms with Gasteiger partial charge in [0.15, 0.2) is 0 Å². The fraction of sp³-hybridized carbons (Fsp3) is 0.917. The normalized spacial score (nSPS) is 27.5. The number of rotatable bonds is 4. The molecule has 1 amide bonds. The Kier molecular flexibility index (Phi) is 5.22. The Morgan fingerprint density at radius 2 is 2.25 bits per heavy atom. The maximum atomic E-state index is 12.0. The molecule has 4 heteroatoms. The summed E-state index contributed by atoms with van der Waals surface area (Å²) in [5.41, 5.74) is 5.51. The number of carbonyl (C=O) groups is 1. The van der Waals surface area contributed by atoms with Gasteiger partial charge >= 0.3 is 0 Å². The van der Waals surface area contributed by atoms with Crippen LogP contribution in [0.15, 0.2) is 0 Å². The minimum Gasteiger partial charge on any atom is -0.370 e. The Hall–Kier alpha value is -0.610. The molecular weight excluding hydrogens is 204 g/mol. The van der Waals surface area contributed by atoms with Crippen LogP contribution in [0.1, 0.15) is 32.6 Å². The van der Waals surface area contributed by atoms with Crippen LogP contribution < -0.4 is 5.73 Å². The van der Waals surface area contributed by atoms with Gasteiger partial charge in [-0.1, -0.05) is 19.8 Å². The maximum Gasteiger partial charge on any atom is 0.252 e. The van der Waals surface area contributed by atoms with Crippen molar-refractivity contribution in [1.29, 1.82) is 0 Å². The lowest BCUT2D eigenvalue weighted by molar-refractivity contribution is -0.143. The molecule has 0 aromatic rings. The zero-order valence-electron chi connectivity index (χ0n) is 10.6. The van der Waals surface area contributed by atoms with Crippen molar-refractivity contribution in [3.05, 3.63) is 0 Å². The van der Waals surface area contributed by atoms with E-state index in [1.807, 2.05) is 11.9 Å². The van der Waals surface area contributed by atoms with Crippen molar-refractivity contribution in [2.75, 3.05) is 20.7 Å². The van der Waals surface area contributed by atoms with Gasteiger partial charge in [-0.05, 0) is 18.8 Å². The molecule has 16 heavy (non-hydrogen) atoms. The van der Waals surface area contributed by atoms with Gasteiger partial charge in [-0.15, -0.1) is 0 Å². The molecule has 0 radical (unpaired) electrons. The third kappa shape index (κ3) is 3.19. The molecule has 0 aromatic carbocycles. The summed E-state index contributed by atoms with van der Waals surface area (Å²) in [6, 6.07) is 0.362. The van der Waals surface area contributed by atoms with E-state index in [1.54, 1.807) is 0 Å². The molecule has 1 aliphatic carbocycles. The Morgan fingerprint density at radius 3 is 2.75 bits per heavy atom. The molecule has 0 bridgehead atoms. The molecule has 1 fully saturated rings. The quantitative estimate of drug-likeness (QED) is 0.781. The van der Waals surface area contributed by atoms with Crippen LogP contribution in [0.2, 0.25) is 0 Å². The van der Waals surface area contributed by atoms with E-state index in [0.29, 0.717) is 12.0 Å². The molecule has 0 heterocycles. The fourth-order valence-electron chi connectivity index (χ4n) is 2.46. The Bertz CT molecular complexity index is 229. The van der Waals surface area contributed by atoms with Crippen LogP contribution in [0.3, 0.4) is 0 Å². The molecular formula is C12H24N2O2. The SMILES string of the molecule is COC(CN)C(=O)N(C)C1CCCC(C)C1. The minimum atomic E-state index is -0.484. The van der Waals surface area contributed by atoms with E-state index < -0.39 is 6.10 Å². The third-order valence-corrected chi connectivity index (χ3v) is 3.58. The van der Waals surface area contributed by atoms with E-state index in [1.165, 1.54) is 20.0 Å². The summed E-state index contributed by atoms with van der Waals surface area (Å²) in [7, 11) is 3.40. The molecule has 4 nitrogen and oxygen atoms in total. The highest BCUT2D eigenvalue weighted by Gasteiger charge is 2.28. The van der Waals surface area contributed by atoms with Crippen molar-refractivity contribution in [2.24, 2.45) is 11.7 Å². The average molecular weight is 228 g/mol. The predicted octanol–water partition coefficient (Wildman–Crippen LogP) is 0.997. The van der Waals surface area contributed by atoms with E-state index in [4.69, 9.17) is 10.5 Å². The first-order valence-electron chi connectivity index (χ1n) is 6.09. The van der Waals surface area contributed by atoms with Crippen LogP contribution in [0.4, 0.5) is 0 Å². The van der Waals surface area contributed by atoms with Crippen LogP contribution in [0, 0.1) is 5.92 Å². The fourth-order valence-corrected chi connectivity index (χ4v) is 2.46. The minimum absolute atomic E-state index is 0.0177. The summed E-state index contributed by atoms with van der Waals surface area (Å²) >= 11 is 0. The van der Waals surface area contributed by atoms with E-state index in [0.717, 1.165) is 12.8 Å². The number of ether oxygens (including phenoxy) is 1. The van der Waals surface area contributed by atoms with Gasteiger partial charge in [0.2, 0.25) is 0 Å². The van der Waals surface area contributed by atoms with E-state index >= 15 is 0 Å². The summed E-state index contributed by atoms with van der Waals surface area (Å²) < 4.78 is 5.08. The topological polar surface area (TPSA) is 55.6 Å². The third-order valence-electron chi connectivity index (χ3n) is 3.58. The van der Waals surface area contributed by atoms with Gasteiger partial charge in [0.1, 0.15) is 6.10 Å². The number of likely N-dealkylation sites (N-methyl/N-ethyl adjacent to an activating group) is 1. The number of hydrogen-bond acceptors (Lipinski definition) is 3. The molecule has 3 atom stereocenters. The second kappa shape index (κ2) is 6.21. The number of amides is 1. The van der Waals surface area contributed by atoms with Gasteiger partial charge in [0.25, 0.3) is 5.91 Å². The average Bonchev–Trinajstić information content (AvgIpc) is 2.29. The summed E-state index contributed by atoms with van der Waals surface area (Å²) in [5.74, 6) is 0.733. The van der Waals surface area contributed by atoms with Gasteiger partial charge in [0.05, 0.1) is 0 Å². The smallest absolute Gasteiger partial charge is 0.252 e. The van der Waals surface area contributed by atoms with E-state index in [9.17, 15) is 4.79 Å². The van der Waals surface area contributed by atoms with Crippen molar-refractivity contribution in [1.82, 2.24) is 4.90 Å². The Balaban J connectivity index is 2.55. The number of methoxy groups -OCH3 is 1. The lowest BCUT2D eigenvalue weighted by Crippen LogP contribution is -2.47. The molecule has 0 aliphatic heterocycles. The number of carbonyl (C=O) groups excluding carboxylic acids is 1. The summed E-state index contributed by atoms with van der Waals surface area (Å²) in [5, 5.41) is 0. The highest BCUT2D eigenvalue weighted by molar-refractivity contribution is 5.81. The lowest BCUT2D eigenvalue weighted by Gasteiger charge is -2.35. The molecule has 94 valence electrons. The predicted molar refractivity (Wildman–Crippen MR) is 64.0 cm³/mol. The van der Waals surface area contributed by atoms with Gasteiger partial charge in [-0.3, -0.25) is 4.79 Å². The summed E-state index contributed by atoms with van der Waals surface area (Å²) in [4.78, 5) is 13.9. The lowest BCUT2D eigenvalue weighted by atomic mass is 9.86. The van der Waals surface area contributed by atoms with Crippen molar-refractivity contribution in [3.8, 4) is 0 Å². The molecule has 1 saturated carbocycles. The largest absolute Gasteiger partial charge is 0.370 e. The first-order valence-corrected chi connectivity index (χ1v) is 6.09.